The average Bonchev–Trinajstić information content (AvgIpc) is 2.99. The van der Waals surface area contributed by atoms with Crippen molar-refractivity contribution < 1.29 is 13.2 Å². The third kappa shape index (κ3) is 4.84. The summed E-state index contributed by atoms with van der Waals surface area (Å²) < 4.78 is 24.8. The summed E-state index contributed by atoms with van der Waals surface area (Å²) >= 11 is 3.45. The molecular weight excluding hydrogens is 438 g/mol. The SMILES string of the molecule is CC(C)(C)c1ccc(CN(C(=O)c2ccccc2Br)[C@H]2CCS(=O)(=O)C2)cc1. The zero-order valence-corrected chi connectivity index (χ0v) is 18.9. The molecule has 0 spiro atoms. The lowest BCUT2D eigenvalue weighted by molar-refractivity contribution is 0.0680. The van der Waals surface area contributed by atoms with Crippen LogP contribution in [0, 0.1) is 0 Å². The molecule has 0 bridgehead atoms. The van der Waals surface area contributed by atoms with Gasteiger partial charge in [-0.15, -0.1) is 0 Å². The molecule has 28 heavy (non-hydrogen) atoms. The van der Waals surface area contributed by atoms with Crippen LogP contribution in [0.15, 0.2) is 53.0 Å². The highest BCUT2D eigenvalue weighted by Crippen LogP contribution is 2.27. The Morgan fingerprint density at radius 2 is 1.75 bits per heavy atom. The van der Waals surface area contributed by atoms with Crippen molar-refractivity contribution in [2.45, 2.75) is 45.2 Å². The van der Waals surface area contributed by atoms with Crippen molar-refractivity contribution in [1.82, 2.24) is 4.90 Å². The van der Waals surface area contributed by atoms with Crippen molar-refractivity contribution in [3.63, 3.8) is 0 Å². The molecule has 0 N–H and O–H groups in total. The summed E-state index contributed by atoms with van der Waals surface area (Å²) in [5.41, 5.74) is 2.84. The number of nitrogens with zero attached hydrogens (tertiary/aromatic N) is 1. The summed E-state index contributed by atoms with van der Waals surface area (Å²) in [5, 5.41) is 0. The van der Waals surface area contributed by atoms with Crippen molar-refractivity contribution >= 4 is 31.7 Å². The van der Waals surface area contributed by atoms with Gasteiger partial charge in [0.2, 0.25) is 0 Å². The van der Waals surface area contributed by atoms with Gasteiger partial charge in [-0.1, -0.05) is 57.2 Å². The largest absolute Gasteiger partial charge is 0.330 e. The maximum absolute atomic E-state index is 13.3. The predicted octanol–water partition coefficient (Wildman–Crippen LogP) is 4.58. The van der Waals surface area contributed by atoms with Crippen LogP contribution in [0.3, 0.4) is 0 Å². The molecule has 3 rings (SSSR count). The van der Waals surface area contributed by atoms with Gasteiger partial charge in [-0.2, -0.15) is 0 Å². The van der Waals surface area contributed by atoms with Crippen LogP contribution in [0.4, 0.5) is 0 Å². The topological polar surface area (TPSA) is 54.5 Å². The summed E-state index contributed by atoms with van der Waals surface area (Å²) in [4.78, 5) is 15.0. The molecule has 150 valence electrons. The monoisotopic (exact) mass is 463 g/mol. The molecule has 1 heterocycles. The molecule has 0 aliphatic carbocycles. The molecule has 1 saturated heterocycles. The Labute approximate surface area is 176 Å². The Balaban J connectivity index is 1.91. The molecule has 1 atom stereocenters. The molecule has 1 fully saturated rings. The van der Waals surface area contributed by atoms with E-state index in [4.69, 9.17) is 0 Å². The number of amides is 1. The molecule has 0 radical (unpaired) electrons. The first kappa shape index (κ1) is 21.1. The number of sulfone groups is 1. The van der Waals surface area contributed by atoms with Gasteiger partial charge in [0.25, 0.3) is 5.91 Å². The van der Waals surface area contributed by atoms with Crippen LogP contribution in [0.2, 0.25) is 0 Å². The Hall–Kier alpha value is -1.66. The van der Waals surface area contributed by atoms with Gasteiger partial charge in [0.05, 0.1) is 17.1 Å². The molecule has 1 amide bonds. The summed E-state index contributed by atoms with van der Waals surface area (Å²) in [5.74, 6) is 0.0263. The Morgan fingerprint density at radius 1 is 1.11 bits per heavy atom. The van der Waals surface area contributed by atoms with Gasteiger partial charge < -0.3 is 4.90 Å². The van der Waals surface area contributed by atoms with Crippen LogP contribution >= 0.6 is 15.9 Å². The molecule has 1 aliphatic rings. The number of carbonyl (C=O) groups excluding carboxylic acids is 1. The normalized spacial score (nSPS) is 18.8. The summed E-state index contributed by atoms with van der Waals surface area (Å²) in [6.07, 6.45) is 0.485. The zero-order chi connectivity index (χ0) is 20.5. The third-order valence-electron chi connectivity index (χ3n) is 5.19. The van der Waals surface area contributed by atoms with Crippen LogP contribution in [-0.2, 0) is 21.8 Å². The van der Waals surface area contributed by atoms with E-state index >= 15 is 0 Å². The minimum Gasteiger partial charge on any atom is -0.330 e. The average molecular weight is 464 g/mol. The van der Waals surface area contributed by atoms with E-state index in [1.165, 1.54) is 5.56 Å². The van der Waals surface area contributed by atoms with Gasteiger partial charge in [-0.05, 0) is 51.0 Å². The minimum absolute atomic E-state index is 0.0310. The van der Waals surface area contributed by atoms with Gasteiger partial charge in [-0.25, -0.2) is 8.42 Å². The highest BCUT2D eigenvalue weighted by atomic mass is 79.9. The second kappa shape index (κ2) is 7.99. The number of rotatable bonds is 4. The first-order valence-corrected chi connectivity index (χ1v) is 12.0. The van der Waals surface area contributed by atoms with E-state index in [0.29, 0.717) is 23.0 Å². The van der Waals surface area contributed by atoms with Crippen molar-refractivity contribution in [1.29, 1.82) is 0 Å². The molecule has 1 aliphatic heterocycles. The smallest absolute Gasteiger partial charge is 0.255 e. The molecule has 2 aromatic rings. The van der Waals surface area contributed by atoms with Crippen molar-refractivity contribution in [2.24, 2.45) is 0 Å². The van der Waals surface area contributed by atoms with E-state index in [0.717, 1.165) is 5.56 Å². The lowest BCUT2D eigenvalue weighted by Gasteiger charge is -2.29. The van der Waals surface area contributed by atoms with E-state index in [1.807, 2.05) is 30.3 Å². The Morgan fingerprint density at radius 3 is 2.29 bits per heavy atom. The first-order chi connectivity index (χ1) is 13.1. The zero-order valence-electron chi connectivity index (χ0n) is 16.5. The molecule has 0 unspecified atom stereocenters. The maximum Gasteiger partial charge on any atom is 0.255 e. The van der Waals surface area contributed by atoms with E-state index in [1.54, 1.807) is 11.0 Å². The summed E-state index contributed by atoms with van der Waals surface area (Å²) in [6, 6.07) is 15.2. The second-order valence-corrected chi connectivity index (χ2v) is 11.5. The fraction of sp³-hybridized carbons (Fsp3) is 0.409. The summed E-state index contributed by atoms with van der Waals surface area (Å²) in [6.45, 7) is 6.88. The molecule has 0 saturated carbocycles. The van der Waals surface area contributed by atoms with Crippen LogP contribution in [0.25, 0.3) is 0 Å². The van der Waals surface area contributed by atoms with Crippen LogP contribution in [0.5, 0.6) is 0 Å². The molecule has 4 nitrogen and oxygen atoms in total. The maximum atomic E-state index is 13.3. The van der Waals surface area contributed by atoms with Gasteiger partial charge in [0.15, 0.2) is 9.84 Å². The minimum atomic E-state index is -3.09. The fourth-order valence-corrected chi connectivity index (χ4v) is 5.67. The standard InChI is InChI=1S/C22H26BrNO3S/c1-22(2,3)17-10-8-16(9-11-17)14-24(18-12-13-28(26,27)15-18)21(25)19-6-4-5-7-20(19)23/h4-11,18H,12-15H2,1-3H3/t18-/m0/s1. The number of halogens is 1. The van der Waals surface area contributed by atoms with E-state index < -0.39 is 9.84 Å². The lowest BCUT2D eigenvalue weighted by Crippen LogP contribution is -2.40. The van der Waals surface area contributed by atoms with Gasteiger partial charge >= 0.3 is 0 Å². The second-order valence-electron chi connectivity index (χ2n) is 8.42. The van der Waals surface area contributed by atoms with Gasteiger partial charge in [0, 0.05) is 17.1 Å². The van der Waals surface area contributed by atoms with Crippen LogP contribution in [0.1, 0.15) is 48.7 Å². The predicted molar refractivity (Wildman–Crippen MR) is 116 cm³/mol. The fourth-order valence-electron chi connectivity index (χ4n) is 3.48. The van der Waals surface area contributed by atoms with Crippen LogP contribution in [-0.4, -0.2) is 36.8 Å². The van der Waals surface area contributed by atoms with E-state index in [9.17, 15) is 13.2 Å². The Bertz CT molecular complexity index is 962. The molecule has 0 aromatic heterocycles. The summed E-state index contributed by atoms with van der Waals surface area (Å²) in [7, 11) is -3.09. The quantitative estimate of drug-likeness (QED) is 0.666. The van der Waals surface area contributed by atoms with Gasteiger partial charge in [-0.3, -0.25) is 4.79 Å². The van der Waals surface area contributed by atoms with E-state index in [-0.39, 0.29) is 28.9 Å². The lowest BCUT2D eigenvalue weighted by atomic mass is 9.86. The third-order valence-corrected chi connectivity index (χ3v) is 7.63. The molecule has 2 aromatic carbocycles. The highest BCUT2D eigenvalue weighted by Gasteiger charge is 2.35. The van der Waals surface area contributed by atoms with Crippen LogP contribution < -0.4 is 0 Å². The van der Waals surface area contributed by atoms with Gasteiger partial charge in [0.1, 0.15) is 0 Å². The van der Waals surface area contributed by atoms with Crippen molar-refractivity contribution in [3.8, 4) is 0 Å². The Kier molecular flexibility index (Phi) is 6.01. The molecular formula is C22H26BrNO3S. The first-order valence-electron chi connectivity index (χ1n) is 9.42. The number of hydrogen-bond donors (Lipinski definition) is 0. The number of carbonyl (C=O) groups is 1. The highest BCUT2D eigenvalue weighted by molar-refractivity contribution is 9.10. The number of hydrogen-bond acceptors (Lipinski definition) is 3. The van der Waals surface area contributed by atoms with Crippen molar-refractivity contribution in [2.75, 3.05) is 11.5 Å². The van der Waals surface area contributed by atoms with Crippen molar-refractivity contribution in [3.05, 3.63) is 69.7 Å². The number of benzene rings is 2. The molecule has 6 heteroatoms. The van der Waals surface area contributed by atoms with E-state index in [2.05, 4.69) is 48.8 Å².